The highest BCUT2D eigenvalue weighted by Gasteiger charge is 1.97. The minimum absolute atomic E-state index is 0.0281. The van der Waals surface area contributed by atoms with Gasteiger partial charge in [0.15, 0.2) is 0 Å². The van der Waals surface area contributed by atoms with Gasteiger partial charge in [-0.1, -0.05) is 26.8 Å². The van der Waals surface area contributed by atoms with E-state index in [0.29, 0.717) is 5.69 Å². The molecule has 13 heavy (non-hydrogen) atoms. The second kappa shape index (κ2) is 6.17. The highest BCUT2D eigenvalue weighted by Crippen LogP contribution is 1.98. The van der Waals surface area contributed by atoms with Crippen molar-refractivity contribution in [3.63, 3.8) is 0 Å². The number of aryl methyl sites for hydroxylation is 1. The van der Waals surface area contributed by atoms with Crippen molar-refractivity contribution in [3.8, 4) is 0 Å². The van der Waals surface area contributed by atoms with Crippen LogP contribution < -0.4 is 5.73 Å². The fraction of sp³-hybridized carbons (Fsp3) is 0.400. The van der Waals surface area contributed by atoms with E-state index < -0.39 is 0 Å². The highest BCUT2D eigenvalue weighted by molar-refractivity contribution is 5.92. The van der Waals surface area contributed by atoms with Crippen molar-refractivity contribution in [2.24, 2.45) is 5.73 Å². The molecule has 3 N–H and O–H groups in total. The number of nitrogen functional groups attached to an aromatic ring is 1. The number of pyridine rings is 1. The molecule has 0 spiro atoms. The van der Waals surface area contributed by atoms with Gasteiger partial charge in [-0.05, 0) is 18.6 Å². The van der Waals surface area contributed by atoms with Gasteiger partial charge >= 0.3 is 0 Å². The normalized spacial score (nSPS) is 8.54. The third-order valence-electron chi connectivity index (χ3n) is 1.44. The van der Waals surface area contributed by atoms with Crippen LogP contribution in [0.2, 0.25) is 0 Å². The van der Waals surface area contributed by atoms with Gasteiger partial charge in [-0.3, -0.25) is 5.41 Å². The second-order valence-corrected chi connectivity index (χ2v) is 2.28. The Bertz CT molecular complexity index is 269. The number of nitrogens with two attached hydrogens (primary N) is 1. The van der Waals surface area contributed by atoms with Gasteiger partial charge in [-0.25, -0.2) is 4.98 Å². The lowest BCUT2D eigenvalue weighted by molar-refractivity contribution is 1.02. The van der Waals surface area contributed by atoms with Gasteiger partial charge in [0.05, 0.1) is 0 Å². The quantitative estimate of drug-likeness (QED) is 0.538. The van der Waals surface area contributed by atoms with Crippen molar-refractivity contribution >= 4 is 5.84 Å². The maximum absolute atomic E-state index is 7.12. The largest absolute Gasteiger partial charge is 0.382 e. The summed E-state index contributed by atoms with van der Waals surface area (Å²) in [5.41, 5.74) is 6.79. The first-order valence-corrected chi connectivity index (χ1v) is 4.54. The molecule has 0 aliphatic heterocycles. The van der Waals surface area contributed by atoms with E-state index >= 15 is 0 Å². The Morgan fingerprint density at radius 2 is 2.08 bits per heavy atom. The van der Waals surface area contributed by atoms with Gasteiger partial charge in [0.25, 0.3) is 0 Å². The van der Waals surface area contributed by atoms with Gasteiger partial charge in [0.2, 0.25) is 0 Å². The molecule has 0 saturated carbocycles. The van der Waals surface area contributed by atoms with Crippen LogP contribution in [0.4, 0.5) is 0 Å². The summed E-state index contributed by atoms with van der Waals surface area (Å²) in [6, 6.07) is 5.52. The molecule has 0 bridgehead atoms. The Kier molecular flexibility index (Phi) is 5.52. The van der Waals surface area contributed by atoms with Crippen LogP contribution in [0.25, 0.3) is 0 Å². The SMILES string of the molecule is CC.CCc1cccc(C(=N)N)n1. The number of rotatable bonds is 2. The van der Waals surface area contributed by atoms with Crippen LogP contribution in [-0.2, 0) is 6.42 Å². The first-order chi connectivity index (χ1) is 6.24. The monoisotopic (exact) mass is 179 g/mol. The summed E-state index contributed by atoms with van der Waals surface area (Å²) in [5.74, 6) is 0.0281. The van der Waals surface area contributed by atoms with Crippen molar-refractivity contribution in [3.05, 3.63) is 29.6 Å². The van der Waals surface area contributed by atoms with E-state index in [-0.39, 0.29) is 5.84 Å². The van der Waals surface area contributed by atoms with Crippen molar-refractivity contribution in [2.45, 2.75) is 27.2 Å². The van der Waals surface area contributed by atoms with E-state index in [1.165, 1.54) is 0 Å². The Balaban J connectivity index is 0.000000671. The smallest absolute Gasteiger partial charge is 0.141 e. The summed E-state index contributed by atoms with van der Waals surface area (Å²) in [7, 11) is 0. The number of aromatic nitrogens is 1. The Morgan fingerprint density at radius 1 is 1.46 bits per heavy atom. The van der Waals surface area contributed by atoms with E-state index in [9.17, 15) is 0 Å². The third kappa shape index (κ3) is 3.69. The minimum Gasteiger partial charge on any atom is -0.382 e. The van der Waals surface area contributed by atoms with Gasteiger partial charge < -0.3 is 5.73 Å². The molecule has 0 saturated heterocycles. The Morgan fingerprint density at radius 3 is 2.54 bits per heavy atom. The summed E-state index contributed by atoms with van der Waals surface area (Å²) in [5, 5.41) is 7.12. The van der Waals surface area contributed by atoms with E-state index in [0.717, 1.165) is 12.1 Å². The molecule has 0 radical (unpaired) electrons. The second-order valence-electron chi connectivity index (χ2n) is 2.28. The zero-order valence-electron chi connectivity index (χ0n) is 8.46. The van der Waals surface area contributed by atoms with Crippen molar-refractivity contribution in [1.29, 1.82) is 5.41 Å². The highest BCUT2D eigenvalue weighted by atomic mass is 14.8. The average molecular weight is 179 g/mol. The van der Waals surface area contributed by atoms with Crippen LogP contribution in [0.3, 0.4) is 0 Å². The van der Waals surface area contributed by atoms with E-state index in [1.54, 1.807) is 6.07 Å². The van der Waals surface area contributed by atoms with Gasteiger partial charge in [0, 0.05) is 5.69 Å². The Labute approximate surface area is 79.5 Å². The maximum atomic E-state index is 7.12. The van der Waals surface area contributed by atoms with Gasteiger partial charge in [-0.15, -0.1) is 0 Å². The average Bonchev–Trinajstić information content (AvgIpc) is 2.21. The fourth-order valence-electron chi connectivity index (χ4n) is 0.826. The van der Waals surface area contributed by atoms with Crippen LogP contribution in [0.1, 0.15) is 32.2 Å². The summed E-state index contributed by atoms with van der Waals surface area (Å²) >= 11 is 0. The maximum Gasteiger partial charge on any atom is 0.141 e. The van der Waals surface area contributed by atoms with Crippen molar-refractivity contribution in [1.82, 2.24) is 4.98 Å². The van der Waals surface area contributed by atoms with Crippen LogP contribution in [0.15, 0.2) is 18.2 Å². The molecule has 3 nitrogen and oxygen atoms in total. The molecule has 3 heteroatoms. The molecule has 0 aliphatic carbocycles. The van der Waals surface area contributed by atoms with E-state index in [4.69, 9.17) is 11.1 Å². The molecule has 72 valence electrons. The summed E-state index contributed by atoms with van der Waals surface area (Å²) in [4.78, 5) is 4.14. The standard InChI is InChI=1S/C8H11N3.C2H6/c1-2-6-4-3-5-7(11-6)8(9)10;1-2/h3-5H,2H2,1H3,(H3,9,10);1-2H3. The van der Waals surface area contributed by atoms with Crippen molar-refractivity contribution in [2.75, 3.05) is 0 Å². The molecule has 0 unspecified atom stereocenters. The Hall–Kier alpha value is -1.38. The lowest BCUT2D eigenvalue weighted by Crippen LogP contribution is -2.13. The van der Waals surface area contributed by atoms with Crippen LogP contribution in [0, 0.1) is 5.41 Å². The van der Waals surface area contributed by atoms with Gasteiger partial charge in [-0.2, -0.15) is 0 Å². The zero-order chi connectivity index (χ0) is 10.3. The third-order valence-corrected chi connectivity index (χ3v) is 1.44. The van der Waals surface area contributed by atoms with Crippen LogP contribution in [0.5, 0.6) is 0 Å². The van der Waals surface area contributed by atoms with E-state index in [1.807, 2.05) is 32.9 Å². The number of nitrogens with one attached hydrogen (secondary N) is 1. The zero-order valence-corrected chi connectivity index (χ0v) is 8.46. The number of hydrogen-bond acceptors (Lipinski definition) is 2. The molecule has 1 rings (SSSR count). The summed E-state index contributed by atoms with van der Waals surface area (Å²) < 4.78 is 0. The topological polar surface area (TPSA) is 62.8 Å². The first-order valence-electron chi connectivity index (χ1n) is 4.54. The fourth-order valence-corrected chi connectivity index (χ4v) is 0.826. The van der Waals surface area contributed by atoms with Crippen LogP contribution >= 0.6 is 0 Å². The number of nitrogens with zero attached hydrogens (tertiary/aromatic N) is 1. The number of amidine groups is 1. The summed E-state index contributed by atoms with van der Waals surface area (Å²) in [6.45, 7) is 6.02. The molecule has 1 heterocycles. The molecule has 0 atom stereocenters. The lowest BCUT2D eigenvalue weighted by Gasteiger charge is -1.98. The van der Waals surface area contributed by atoms with Gasteiger partial charge in [0.1, 0.15) is 11.5 Å². The lowest BCUT2D eigenvalue weighted by atomic mass is 10.2. The molecule has 0 amide bonds. The summed E-state index contributed by atoms with van der Waals surface area (Å²) in [6.07, 6.45) is 0.876. The van der Waals surface area contributed by atoms with Crippen molar-refractivity contribution < 1.29 is 0 Å². The van der Waals surface area contributed by atoms with Crippen LogP contribution in [-0.4, -0.2) is 10.8 Å². The molecular formula is C10H17N3. The molecule has 1 aromatic rings. The van der Waals surface area contributed by atoms with E-state index in [2.05, 4.69) is 4.98 Å². The molecule has 0 aliphatic rings. The molecule has 1 aromatic heterocycles. The molecular weight excluding hydrogens is 162 g/mol. The predicted octanol–water partition coefficient (Wildman–Crippen LogP) is 1.95. The predicted molar refractivity (Wildman–Crippen MR) is 56.0 cm³/mol. The molecule has 0 fully saturated rings. The minimum atomic E-state index is 0.0281. The first kappa shape index (κ1) is 11.6. The molecule has 0 aromatic carbocycles. The number of hydrogen-bond donors (Lipinski definition) is 2.